The van der Waals surface area contributed by atoms with Crippen LogP contribution in [0.15, 0.2) is 44.0 Å². The maximum absolute atomic E-state index is 3.49. The van der Waals surface area contributed by atoms with E-state index < -0.39 is 0 Å². The molecule has 0 amide bonds. The molecule has 0 N–H and O–H groups in total. The average molecular weight is 375 g/mol. The Morgan fingerprint density at radius 3 is 2.29 bits per heavy atom. The van der Waals surface area contributed by atoms with E-state index in [4.69, 9.17) is 0 Å². The molecule has 0 saturated heterocycles. The van der Waals surface area contributed by atoms with Gasteiger partial charge in [0.05, 0.1) is 3.79 Å². The monoisotopic (exact) mass is 373 g/mol. The molecule has 90 valence electrons. The molecule has 4 heteroatoms. The summed E-state index contributed by atoms with van der Waals surface area (Å²) in [6.45, 7) is 1.96. The summed E-state index contributed by atoms with van der Waals surface area (Å²) >= 11 is 8.68. The number of benzene rings is 1. The Morgan fingerprint density at radius 2 is 1.71 bits per heavy atom. The van der Waals surface area contributed by atoms with Gasteiger partial charge in [-0.1, -0.05) is 28.1 Å². The number of nitrogens with zero attached hydrogens (tertiary/aromatic N) is 1. The van der Waals surface area contributed by atoms with Gasteiger partial charge in [-0.05, 0) is 57.7 Å². The third-order valence-corrected chi connectivity index (χ3v) is 4.52. The van der Waals surface area contributed by atoms with Crippen LogP contribution >= 0.6 is 43.2 Å². The van der Waals surface area contributed by atoms with E-state index in [0.29, 0.717) is 0 Å². The van der Waals surface area contributed by atoms with Crippen molar-refractivity contribution in [3.63, 3.8) is 0 Å². The van der Waals surface area contributed by atoms with Gasteiger partial charge in [-0.3, -0.25) is 4.90 Å². The van der Waals surface area contributed by atoms with E-state index in [1.807, 2.05) is 0 Å². The molecule has 0 spiro atoms. The number of thiophene rings is 1. The highest BCUT2D eigenvalue weighted by Crippen LogP contribution is 2.22. The molecule has 1 aromatic carbocycles. The fourth-order valence-electron chi connectivity index (χ4n) is 1.70. The van der Waals surface area contributed by atoms with Crippen molar-refractivity contribution in [2.45, 2.75) is 13.1 Å². The van der Waals surface area contributed by atoms with Crippen molar-refractivity contribution in [3.05, 3.63) is 55.1 Å². The highest BCUT2D eigenvalue weighted by Gasteiger charge is 2.03. The van der Waals surface area contributed by atoms with Crippen molar-refractivity contribution in [2.75, 3.05) is 7.05 Å². The summed E-state index contributed by atoms with van der Waals surface area (Å²) in [5.41, 5.74) is 2.70. The lowest BCUT2D eigenvalue weighted by molar-refractivity contribution is 0.319. The molecular formula is C13H13Br2NS. The molecule has 17 heavy (non-hydrogen) atoms. The maximum atomic E-state index is 3.49. The third-order valence-electron chi connectivity index (χ3n) is 2.44. The number of halogens is 2. The fraction of sp³-hybridized carbons (Fsp3) is 0.231. The predicted octanol–water partition coefficient (Wildman–Crippen LogP) is 4.91. The van der Waals surface area contributed by atoms with Crippen molar-refractivity contribution in [3.8, 4) is 0 Å². The van der Waals surface area contributed by atoms with Crippen LogP contribution in [0.1, 0.15) is 11.1 Å². The molecule has 0 aliphatic heterocycles. The quantitative estimate of drug-likeness (QED) is 0.735. The molecule has 0 aliphatic carbocycles. The van der Waals surface area contributed by atoms with E-state index in [-0.39, 0.29) is 0 Å². The second-order valence-corrected chi connectivity index (χ2v) is 7.26. The minimum absolute atomic E-state index is 0.973. The summed E-state index contributed by atoms with van der Waals surface area (Å²) in [5, 5.41) is 2.20. The number of hydrogen-bond acceptors (Lipinski definition) is 2. The van der Waals surface area contributed by atoms with Crippen molar-refractivity contribution in [1.29, 1.82) is 0 Å². The van der Waals surface area contributed by atoms with Gasteiger partial charge in [0.15, 0.2) is 0 Å². The van der Waals surface area contributed by atoms with E-state index >= 15 is 0 Å². The van der Waals surface area contributed by atoms with E-state index in [1.165, 1.54) is 14.9 Å². The summed E-state index contributed by atoms with van der Waals surface area (Å²) in [7, 11) is 2.15. The minimum Gasteiger partial charge on any atom is -0.298 e. The van der Waals surface area contributed by atoms with Gasteiger partial charge < -0.3 is 0 Å². The van der Waals surface area contributed by atoms with Gasteiger partial charge in [-0.15, -0.1) is 11.3 Å². The second-order valence-electron chi connectivity index (χ2n) is 4.06. The largest absolute Gasteiger partial charge is 0.298 e. The molecule has 0 bridgehead atoms. The van der Waals surface area contributed by atoms with Crippen LogP contribution in [0.4, 0.5) is 0 Å². The van der Waals surface area contributed by atoms with Gasteiger partial charge in [0, 0.05) is 17.6 Å². The van der Waals surface area contributed by atoms with Crippen molar-refractivity contribution in [2.24, 2.45) is 0 Å². The number of hydrogen-bond donors (Lipinski definition) is 0. The molecule has 0 saturated carbocycles. The van der Waals surface area contributed by atoms with E-state index in [9.17, 15) is 0 Å². The lowest BCUT2D eigenvalue weighted by Crippen LogP contribution is -2.16. The second kappa shape index (κ2) is 6.14. The summed E-state index contributed by atoms with van der Waals surface area (Å²) in [5.74, 6) is 0. The van der Waals surface area contributed by atoms with Crippen LogP contribution in [0, 0.1) is 0 Å². The Balaban J connectivity index is 1.93. The van der Waals surface area contributed by atoms with Crippen molar-refractivity contribution < 1.29 is 0 Å². The smallest absolute Gasteiger partial charge is 0.0701 e. The van der Waals surface area contributed by atoms with E-state index in [1.54, 1.807) is 11.3 Å². The lowest BCUT2D eigenvalue weighted by atomic mass is 10.2. The van der Waals surface area contributed by atoms with E-state index in [2.05, 4.69) is 79.5 Å². The van der Waals surface area contributed by atoms with Crippen LogP contribution in [0.5, 0.6) is 0 Å². The lowest BCUT2D eigenvalue weighted by Gasteiger charge is -2.15. The summed E-state index contributed by atoms with van der Waals surface area (Å²) < 4.78 is 2.33. The molecule has 0 unspecified atom stereocenters. The molecule has 2 aromatic rings. The Labute approximate surface area is 123 Å². The van der Waals surface area contributed by atoms with Crippen molar-refractivity contribution in [1.82, 2.24) is 4.90 Å². The zero-order valence-corrected chi connectivity index (χ0v) is 13.5. The molecular weight excluding hydrogens is 362 g/mol. The fourth-order valence-corrected chi connectivity index (χ4v) is 3.16. The standard InChI is InChI=1S/C13H13Br2NS/c1-16(8-11-6-13(15)17-9-11)7-10-2-4-12(14)5-3-10/h2-6,9H,7-8H2,1H3. The molecule has 0 atom stereocenters. The summed E-state index contributed by atoms with van der Waals surface area (Å²) in [4.78, 5) is 2.32. The Kier molecular flexibility index (Phi) is 4.79. The van der Waals surface area contributed by atoms with Crippen LogP contribution < -0.4 is 0 Å². The van der Waals surface area contributed by atoms with Crippen molar-refractivity contribution >= 4 is 43.2 Å². The molecule has 0 aliphatic rings. The van der Waals surface area contributed by atoms with Crippen LogP contribution in [0.2, 0.25) is 0 Å². The van der Waals surface area contributed by atoms with Gasteiger partial charge in [0.1, 0.15) is 0 Å². The van der Waals surface area contributed by atoms with E-state index in [0.717, 1.165) is 17.6 Å². The highest BCUT2D eigenvalue weighted by atomic mass is 79.9. The van der Waals surface area contributed by atoms with Crippen LogP contribution in [0.3, 0.4) is 0 Å². The summed E-state index contributed by atoms with van der Waals surface area (Å²) in [6, 6.07) is 10.7. The molecule has 1 heterocycles. The average Bonchev–Trinajstić information content (AvgIpc) is 2.67. The first-order chi connectivity index (χ1) is 8.13. The zero-order valence-electron chi connectivity index (χ0n) is 9.49. The Morgan fingerprint density at radius 1 is 1.06 bits per heavy atom. The first kappa shape index (κ1) is 13.3. The molecule has 0 radical (unpaired) electrons. The van der Waals surface area contributed by atoms with Crippen LogP contribution in [-0.2, 0) is 13.1 Å². The Bertz CT molecular complexity index is 478. The normalized spacial score (nSPS) is 11.1. The molecule has 1 aromatic heterocycles. The summed E-state index contributed by atoms with van der Waals surface area (Å²) in [6.07, 6.45) is 0. The molecule has 2 rings (SSSR count). The molecule has 0 fully saturated rings. The van der Waals surface area contributed by atoms with Gasteiger partial charge >= 0.3 is 0 Å². The highest BCUT2D eigenvalue weighted by molar-refractivity contribution is 9.11. The zero-order chi connectivity index (χ0) is 12.3. The minimum atomic E-state index is 0.973. The topological polar surface area (TPSA) is 3.24 Å². The van der Waals surface area contributed by atoms with Crippen LogP contribution in [0.25, 0.3) is 0 Å². The van der Waals surface area contributed by atoms with Crippen LogP contribution in [-0.4, -0.2) is 11.9 Å². The Hall–Kier alpha value is -0.160. The number of rotatable bonds is 4. The first-order valence-electron chi connectivity index (χ1n) is 5.29. The SMILES string of the molecule is CN(Cc1ccc(Br)cc1)Cc1csc(Br)c1. The van der Waals surface area contributed by atoms with Gasteiger partial charge in [0.25, 0.3) is 0 Å². The van der Waals surface area contributed by atoms with Gasteiger partial charge in [-0.25, -0.2) is 0 Å². The molecule has 1 nitrogen and oxygen atoms in total. The maximum Gasteiger partial charge on any atom is 0.0701 e. The van der Waals surface area contributed by atoms with Gasteiger partial charge in [-0.2, -0.15) is 0 Å². The first-order valence-corrected chi connectivity index (χ1v) is 7.76. The predicted molar refractivity (Wildman–Crippen MR) is 81.3 cm³/mol. The van der Waals surface area contributed by atoms with Gasteiger partial charge in [0.2, 0.25) is 0 Å². The third kappa shape index (κ3) is 4.21.